The highest BCUT2D eigenvalue weighted by atomic mass is 32.2. The van der Waals surface area contributed by atoms with E-state index >= 15 is 0 Å². The summed E-state index contributed by atoms with van der Waals surface area (Å²) in [6, 6.07) is 0.154. The predicted molar refractivity (Wildman–Crippen MR) is 59.8 cm³/mol. The normalized spacial score (nSPS) is 27.6. The molecule has 0 aromatic carbocycles. The molecule has 1 aliphatic rings. The third-order valence-corrected chi connectivity index (χ3v) is 4.58. The molecule has 1 heterocycles. The minimum atomic E-state index is -0.953. The third kappa shape index (κ3) is 3.33. The van der Waals surface area contributed by atoms with E-state index in [1.54, 1.807) is 0 Å². The maximum Gasteiger partial charge on any atom is 0.0808 e. The topological polar surface area (TPSA) is 49.3 Å². The lowest BCUT2D eigenvalue weighted by Gasteiger charge is -2.23. The van der Waals surface area contributed by atoms with Crippen LogP contribution in [0, 0.1) is 0 Å². The second-order valence-corrected chi connectivity index (χ2v) is 7.14. The Bertz CT molecular complexity index is 207. The monoisotopic (exact) mass is 219 g/mol. The Kier molecular flexibility index (Phi) is 4.10. The molecule has 3 unspecified atom stereocenters. The molecule has 1 rings (SSSR count). The highest BCUT2D eigenvalue weighted by Gasteiger charge is 2.28. The van der Waals surface area contributed by atoms with Crippen molar-refractivity contribution in [2.75, 3.05) is 12.3 Å². The highest BCUT2D eigenvalue weighted by molar-refractivity contribution is 7.86. The maximum atomic E-state index is 11.8. The van der Waals surface area contributed by atoms with E-state index < -0.39 is 16.9 Å². The van der Waals surface area contributed by atoms with Gasteiger partial charge in [-0.2, -0.15) is 0 Å². The number of hydrogen-bond acceptors (Lipinski definition) is 3. The Labute approximate surface area is 88.7 Å². The average Bonchev–Trinajstić information content (AvgIpc) is 2.53. The van der Waals surface area contributed by atoms with Crippen molar-refractivity contribution in [1.82, 2.24) is 5.32 Å². The Hall–Kier alpha value is 0.0700. The van der Waals surface area contributed by atoms with Gasteiger partial charge in [-0.3, -0.25) is 4.21 Å². The lowest BCUT2D eigenvalue weighted by atomic mass is 10.1. The van der Waals surface area contributed by atoms with Crippen LogP contribution < -0.4 is 5.32 Å². The average molecular weight is 219 g/mol. The van der Waals surface area contributed by atoms with Crippen molar-refractivity contribution in [3.63, 3.8) is 0 Å². The fourth-order valence-corrected chi connectivity index (χ4v) is 2.60. The molecule has 0 amide bonds. The molecule has 0 saturated carbocycles. The largest absolute Gasteiger partial charge is 0.391 e. The minimum Gasteiger partial charge on any atom is -0.391 e. The molecule has 1 aliphatic heterocycles. The van der Waals surface area contributed by atoms with Gasteiger partial charge in [-0.05, 0) is 40.2 Å². The van der Waals surface area contributed by atoms with Gasteiger partial charge in [0.15, 0.2) is 0 Å². The zero-order chi connectivity index (χ0) is 10.8. The summed E-state index contributed by atoms with van der Waals surface area (Å²) in [5.74, 6) is 0.390. The van der Waals surface area contributed by atoms with E-state index in [1.807, 2.05) is 20.8 Å². The van der Waals surface area contributed by atoms with Crippen LogP contribution in [0.25, 0.3) is 0 Å². The lowest BCUT2D eigenvalue weighted by molar-refractivity contribution is 0.157. The summed E-state index contributed by atoms with van der Waals surface area (Å²) in [6.07, 6.45) is 1.66. The first-order chi connectivity index (χ1) is 6.41. The summed E-state index contributed by atoms with van der Waals surface area (Å²) in [7, 11) is -0.953. The molecule has 0 radical (unpaired) electrons. The van der Waals surface area contributed by atoms with Crippen LogP contribution in [0.3, 0.4) is 0 Å². The van der Waals surface area contributed by atoms with Crippen LogP contribution in [-0.4, -0.2) is 38.5 Å². The van der Waals surface area contributed by atoms with Crippen molar-refractivity contribution in [2.45, 2.75) is 50.5 Å². The van der Waals surface area contributed by atoms with Crippen LogP contribution in [0.1, 0.15) is 33.6 Å². The van der Waals surface area contributed by atoms with Gasteiger partial charge in [0, 0.05) is 21.6 Å². The molecule has 4 heteroatoms. The molecule has 3 atom stereocenters. The van der Waals surface area contributed by atoms with Crippen LogP contribution >= 0.6 is 0 Å². The Balaban J connectivity index is 2.39. The molecule has 2 N–H and O–H groups in total. The number of hydrogen-bond donors (Lipinski definition) is 2. The van der Waals surface area contributed by atoms with E-state index in [-0.39, 0.29) is 10.8 Å². The summed E-state index contributed by atoms with van der Waals surface area (Å²) >= 11 is 0. The summed E-state index contributed by atoms with van der Waals surface area (Å²) in [5, 5.41) is 13.1. The first-order valence-corrected chi connectivity index (χ1v) is 6.53. The molecule has 0 spiro atoms. The number of rotatable bonds is 3. The van der Waals surface area contributed by atoms with Crippen LogP contribution in [0.4, 0.5) is 0 Å². The van der Waals surface area contributed by atoms with Gasteiger partial charge in [0.2, 0.25) is 0 Å². The molecule has 0 aromatic heterocycles. The molecule has 14 heavy (non-hydrogen) atoms. The molecule has 3 nitrogen and oxygen atoms in total. The Morgan fingerprint density at radius 1 is 1.57 bits per heavy atom. The second kappa shape index (κ2) is 4.73. The van der Waals surface area contributed by atoms with Crippen molar-refractivity contribution < 1.29 is 9.32 Å². The maximum absolute atomic E-state index is 11.8. The van der Waals surface area contributed by atoms with Crippen molar-refractivity contribution in [3.05, 3.63) is 0 Å². The van der Waals surface area contributed by atoms with E-state index in [9.17, 15) is 9.32 Å². The third-order valence-electron chi connectivity index (χ3n) is 2.57. The number of aliphatic hydroxyl groups excluding tert-OH is 1. The lowest BCUT2D eigenvalue weighted by Crippen LogP contribution is -2.41. The quantitative estimate of drug-likeness (QED) is 0.732. The summed E-state index contributed by atoms with van der Waals surface area (Å²) < 4.78 is 11.5. The van der Waals surface area contributed by atoms with Gasteiger partial charge in [0.1, 0.15) is 0 Å². The molecular weight excluding hydrogens is 198 g/mol. The molecule has 0 aliphatic carbocycles. The smallest absolute Gasteiger partial charge is 0.0808 e. The van der Waals surface area contributed by atoms with Crippen LogP contribution in [0.5, 0.6) is 0 Å². The Morgan fingerprint density at radius 2 is 2.21 bits per heavy atom. The highest BCUT2D eigenvalue weighted by Crippen LogP contribution is 2.16. The molecule has 1 saturated heterocycles. The van der Waals surface area contributed by atoms with Crippen molar-refractivity contribution >= 4 is 10.8 Å². The fourth-order valence-electron chi connectivity index (χ4n) is 1.56. The zero-order valence-electron chi connectivity index (χ0n) is 9.25. The molecular formula is C10H21NO2S. The van der Waals surface area contributed by atoms with E-state index in [2.05, 4.69) is 5.32 Å². The van der Waals surface area contributed by atoms with E-state index in [1.165, 1.54) is 0 Å². The van der Waals surface area contributed by atoms with Gasteiger partial charge in [0.25, 0.3) is 0 Å². The van der Waals surface area contributed by atoms with Crippen molar-refractivity contribution in [2.24, 2.45) is 0 Å². The van der Waals surface area contributed by atoms with Crippen LogP contribution in [0.15, 0.2) is 0 Å². The summed E-state index contributed by atoms with van der Waals surface area (Å²) in [4.78, 5) is 0. The van der Waals surface area contributed by atoms with Crippen LogP contribution in [0.2, 0.25) is 0 Å². The van der Waals surface area contributed by atoms with Gasteiger partial charge in [-0.1, -0.05) is 0 Å². The standard InChI is InChI=1S/C10H21NO2S/c1-10(2,3)14(13)7-9(12)8-5-4-6-11-8/h8-9,11-12H,4-7H2,1-3H3. The first-order valence-electron chi connectivity index (χ1n) is 5.21. The first kappa shape index (κ1) is 12.1. The summed E-state index contributed by atoms with van der Waals surface area (Å²) in [5.41, 5.74) is 0. The van der Waals surface area contributed by atoms with Crippen molar-refractivity contribution in [3.8, 4) is 0 Å². The molecule has 84 valence electrons. The molecule has 1 fully saturated rings. The second-order valence-electron chi connectivity index (χ2n) is 4.89. The minimum absolute atomic E-state index is 0.154. The zero-order valence-corrected chi connectivity index (χ0v) is 10.1. The molecule has 0 bridgehead atoms. The van der Waals surface area contributed by atoms with Gasteiger partial charge < -0.3 is 10.4 Å². The number of aliphatic hydroxyl groups is 1. The predicted octanol–water partition coefficient (Wildman–Crippen LogP) is 0.646. The van der Waals surface area contributed by atoms with E-state index in [0.29, 0.717) is 5.75 Å². The van der Waals surface area contributed by atoms with Crippen LogP contribution in [-0.2, 0) is 10.8 Å². The van der Waals surface area contributed by atoms with E-state index in [0.717, 1.165) is 19.4 Å². The van der Waals surface area contributed by atoms with E-state index in [4.69, 9.17) is 0 Å². The van der Waals surface area contributed by atoms with Gasteiger partial charge in [0.05, 0.1) is 11.9 Å². The van der Waals surface area contributed by atoms with Gasteiger partial charge in [-0.15, -0.1) is 0 Å². The fraction of sp³-hybridized carbons (Fsp3) is 1.00. The van der Waals surface area contributed by atoms with Crippen molar-refractivity contribution in [1.29, 1.82) is 0 Å². The summed E-state index contributed by atoms with van der Waals surface area (Å²) in [6.45, 7) is 6.80. The SMILES string of the molecule is CC(C)(C)S(=O)CC(O)C1CCCN1. The number of nitrogens with one attached hydrogen (secondary N) is 1. The van der Waals surface area contributed by atoms with Gasteiger partial charge in [-0.25, -0.2) is 0 Å². The molecule has 0 aromatic rings. The van der Waals surface area contributed by atoms with Gasteiger partial charge >= 0.3 is 0 Å². The Morgan fingerprint density at radius 3 is 2.64 bits per heavy atom.